The Morgan fingerprint density at radius 2 is 2.06 bits per heavy atom. The molecule has 0 spiro atoms. The molecule has 10 heteroatoms. The number of aromatic nitrogens is 4. The van der Waals surface area contributed by atoms with Gasteiger partial charge < -0.3 is 19.9 Å². The van der Waals surface area contributed by atoms with Gasteiger partial charge in [-0.3, -0.25) is 9.59 Å². The van der Waals surface area contributed by atoms with Gasteiger partial charge in [0, 0.05) is 31.5 Å². The summed E-state index contributed by atoms with van der Waals surface area (Å²) in [6, 6.07) is 2.51. The normalized spacial score (nSPS) is 23.2. The third kappa shape index (κ3) is 3.99. The van der Waals surface area contributed by atoms with Crippen LogP contribution in [0.25, 0.3) is 5.65 Å². The van der Waals surface area contributed by atoms with E-state index in [1.165, 1.54) is 27.5 Å². The summed E-state index contributed by atoms with van der Waals surface area (Å²) in [5.74, 6) is -0.178. The number of rotatable bonds is 4. The molecule has 0 aromatic carbocycles. The van der Waals surface area contributed by atoms with Crippen LogP contribution in [0.15, 0.2) is 35.5 Å². The molecule has 1 saturated heterocycles. The summed E-state index contributed by atoms with van der Waals surface area (Å²) < 4.78 is 16.8. The number of aryl methyl sites for hydroxylation is 1. The number of nitrogens with zero attached hydrogens (tertiary/aromatic N) is 5. The van der Waals surface area contributed by atoms with E-state index in [9.17, 15) is 19.1 Å². The van der Waals surface area contributed by atoms with Crippen LogP contribution >= 0.6 is 0 Å². The maximum atomic E-state index is 14.1. The fourth-order valence-corrected chi connectivity index (χ4v) is 5.00. The number of hydrogen-bond acceptors (Lipinski definition) is 6. The molecule has 174 valence electrons. The lowest BCUT2D eigenvalue weighted by Crippen LogP contribution is -2.45. The fraction of sp³-hybridized carbons (Fsp3) is 0.478. The monoisotopic (exact) mass is 454 g/mol. The maximum Gasteiger partial charge on any atom is 0.257 e. The van der Waals surface area contributed by atoms with Crippen LogP contribution in [0.4, 0.5) is 10.2 Å². The molecule has 4 heterocycles. The first-order valence-electron chi connectivity index (χ1n) is 11.4. The van der Waals surface area contributed by atoms with Crippen molar-refractivity contribution in [3.63, 3.8) is 0 Å². The zero-order valence-corrected chi connectivity index (χ0v) is 18.4. The largest absolute Gasteiger partial charge is 0.391 e. The molecule has 3 unspecified atom stereocenters. The highest BCUT2D eigenvalue weighted by Gasteiger charge is 2.31. The van der Waals surface area contributed by atoms with Crippen LogP contribution in [0.2, 0.25) is 0 Å². The Labute approximate surface area is 189 Å². The van der Waals surface area contributed by atoms with Gasteiger partial charge in [0.15, 0.2) is 5.65 Å². The molecule has 5 rings (SSSR count). The minimum atomic E-state index is -0.549. The molecular formula is C23H27FN6O3. The summed E-state index contributed by atoms with van der Waals surface area (Å²) in [5.41, 5.74) is 0.888. The molecule has 3 atom stereocenters. The van der Waals surface area contributed by atoms with Crippen LogP contribution in [0, 0.1) is 5.82 Å². The van der Waals surface area contributed by atoms with Gasteiger partial charge in [-0.05, 0) is 37.8 Å². The molecule has 1 saturated carbocycles. The molecule has 9 nitrogen and oxygen atoms in total. The number of anilines is 1. The van der Waals surface area contributed by atoms with Crippen molar-refractivity contribution in [1.29, 1.82) is 0 Å². The fourth-order valence-electron chi connectivity index (χ4n) is 5.00. The molecule has 3 aromatic rings. The number of fused-ring (bicyclic) bond motifs is 1. The van der Waals surface area contributed by atoms with Crippen molar-refractivity contribution in [3.8, 4) is 0 Å². The summed E-state index contributed by atoms with van der Waals surface area (Å²) in [6.07, 6.45) is 8.71. The minimum absolute atomic E-state index is 0.232. The Morgan fingerprint density at radius 3 is 2.88 bits per heavy atom. The number of amides is 1. The van der Waals surface area contributed by atoms with Crippen molar-refractivity contribution in [2.45, 2.75) is 56.7 Å². The van der Waals surface area contributed by atoms with Crippen LogP contribution < -0.4 is 15.8 Å². The Balaban J connectivity index is 1.46. The van der Waals surface area contributed by atoms with E-state index in [4.69, 9.17) is 4.98 Å². The van der Waals surface area contributed by atoms with E-state index in [2.05, 4.69) is 10.4 Å². The van der Waals surface area contributed by atoms with Gasteiger partial charge in [-0.2, -0.15) is 5.10 Å². The number of aliphatic hydroxyl groups is 1. The number of carbonyl (C=O) groups is 1. The molecule has 1 aliphatic carbocycles. The van der Waals surface area contributed by atoms with E-state index >= 15 is 0 Å². The molecular weight excluding hydrogens is 427 g/mol. The Kier molecular flexibility index (Phi) is 5.61. The number of nitrogens with one attached hydrogen (secondary N) is 1. The van der Waals surface area contributed by atoms with Gasteiger partial charge >= 0.3 is 0 Å². The zero-order valence-electron chi connectivity index (χ0n) is 18.4. The third-order valence-corrected chi connectivity index (χ3v) is 6.73. The SMILES string of the molecule is Cn1cc(F)cc(C2CCCN2c2ccn3ncc(C(=O)NC4CCCCC4O)c3n2)c1=O. The molecule has 2 aliphatic rings. The minimum Gasteiger partial charge on any atom is -0.391 e. The van der Waals surface area contributed by atoms with Crippen molar-refractivity contribution in [3.05, 3.63) is 58.0 Å². The van der Waals surface area contributed by atoms with E-state index in [-0.39, 0.29) is 23.6 Å². The van der Waals surface area contributed by atoms with Gasteiger partial charge in [0.1, 0.15) is 17.2 Å². The summed E-state index contributed by atoms with van der Waals surface area (Å²) in [4.78, 5) is 32.3. The van der Waals surface area contributed by atoms with Gasteiger partial charge in [0.2, 0.25) is 0 Å². The van der Waals surface area contributed by atoms with Crippen LogP contribution in [0.5, 0.6) is 0 Å². The second kappa shape index (κ2) is 8.58. The first-order valence-corrected chi connectivity index (χ1v) is 11.4. The van der Waals surface area contributed by atoms with Crippen molar-refractivity contribution >= 4 is 17.4 Å². The standard InChI is InChI=1S/C23H27FN6O3/c1-28-13-14(24)11-15(23(28)33)18-6-4-9-29(18)20-8-10-30-21(27-20)16(12-25-30)22(32)26-17-5-2-3-7-19(17)31/h8,10-13,17-19,31H,2-7,9H2,1H3,(H,26,32). The second-order valence-corrected chi connectivity index (χ2v) is 8.93. The first-order chi connectivity index (χ1) is 15.9. The Morgan fingerprint density at radius 1 is 1.24 bits per heavy atom. The summed E-state index contributed by atoms with van der Waals surface area (Å²) in [7, 11) is 1.54. The molecule has 3 aromatic heterocycles. The average Bonchev–Trinajstić information content (AvgIpc) is 3.44. The van der Waals surface area contributed by atoms with Crippen molar-refractivity contribution in [2.24, 2.45) is 7.05 Å². The quantitative estimate of drug-likeness (QED) is 0.624. The summed E-state index contributed by atoms with van der Waals surface area (Å²) in [5, 5.41) is 17.4. The van der Waals surface area contributed by atoms with E-state index in [0.29, 0.717) is 42.0 Å². The van der Waals surface area contributed by atoms with Crippen LogP contribution in [-0.2, 0) is 7.05 Å². The Hall–Kier alpha value is -3.27. The molecule has 2 fully saturated rings. The lowest BCUT2D eigenvalue weighted by atomic mass is 9.92. The lowest BCUT2D eigenvalue weighted by molar-refractivity contribution is 0.0718. The number of halogens is 1. The van der Waals surface area contributed by atoms with E-state index in [1.54, 1.807) is 19.3 Å². The highest BCUT2D eigenvalue weighted by atomic mass is 19.1. The van der Waals surface area contributed by atoms with E-state index < -0.39 is 11.9 Å². The zero-order chi connectivity index (χ0) is 23.1. The van der Waals surface area contributed by atoms with Gasteiger partial charge in [0.25, 0.3) is 11.5 Å². The predicted octanol–water partition coefficient (Wildman–Crippen LogP) is 1.94. The van der Waals surface area contributed by atoms with Crippen LogP contribution in [0.3, 0.4) is 0 Å². The van der Waals surface area contributed by atoms with Crippen LogP contribution in [0.1, 0.15) is 60.5 Å². The van der Waals surface area contributed by atoms with Gasteiger partial charge in [0.05, 0.1) is 24.4 Å². The van der Waals surface area contributed by atoms with Crippen molar-refractivity contribution < 1.29 is 14.3 Å². The smallest absolute Gasteiger partial charge is 0.257 e. The third-order valence-electron chi connectivity index (χ3n) is 6.73. The number of aliphatic hydroxyl groups excluding tert-OH is 1. The number of carbonyl (C=O) groups excluding carboxylic acids is 1. The molecule has 0 radical (unpaired) electrons. The summed E-state index contributed by atoms with van der Waals surface area (Å²) >= 11 is 0. The van der Waals surface area contributed by atoms with Gasteiger partial charge in [-0.1, -0.05) is 12.8 Å². The first kappa shape index (κ1) is 21.6. The average molecular weight is 455 g/mol. The number of hydrogen-bond donors (Lipinski definition) is 2. The molecule has 1 amide bonds. The Bertz CT molecular complexity index is 1250. The highest BCUT2D eigenvalue weighted by molar-refractivity contribution is 6.00. The van der Waals surface area contributed by atoms with Crippen LogP contribution in [-0.4, -0.2) is 48.9 Å². The van der Waals surface area contributed by atoms with Crippen molar-refractivity contribution in [1.82, 2.24) is 24.5 Å². The molecule has 1 aliphatic heterocycles. The number of pyridine rings is 1. The topological polar surface area (TPSA) is 105 Å². The maximum absolute atomic E-state index is 14.1. The van der Waals surface area contributed by atoms with E-state index in [1.807, 2.05) is 4.90 Å². The van der Waals surface area contributed by atoms with Gasteiger partial charge in [-0.15, -0.1) is 0 Å². The summed E-state index contributed by atoms with van der Waals surface area (Å²) in [6.45, 7) is 0.664. The molecule has 2 N–H and O–H groups in total. The lowest BCUT2D eigenvalue weighted by Gasteiger charge is -2.28. The highest BCUT2D eigenvalue weighted by Crippen LogP contribution is 2.34. The van der Waals surface area contributed by atoms with Gasteiger partial charge in [-0.25, -0.2) is 13.9 Å². The molecule has 33 heavy (non-hydrogen) atoms. The van der Waals surface area contributed by atoms with E-state index in [0.717, 1.165) is 25.7 Å². The predicted molar refractivity (Wildman–Crippen MR) is 120 cm³/mol. The molecule has 0 bridgehead atoms. The van der Waals surface area contributed by atoms with Crippen molar-refractivity contribution in [2.75, 3.05) is 11.4 Å². The second-order valence-electron chi connectivity index (χ2n) is 8.93.